The minimum absolute atomic E-state index is 0.0583. The summed E-state index contributed by atoms with van der Waals surface area (Å²) in [6, 6.07) is 11.3. The zero-order valence-electron chi connectivity index (χ0n) is 15.1. The fourth-order valence-electron chi connectivity index (χ4n) is 5.33. The van der Waals surface area contributed by atoms with Crippen LogP contribution in [0, 0.1) is 16.7 Å². The summed E-state index contributed by atoms with van der Waals surface area (Å²) >= 11 is 0. The van der Waals surface area contributed by atoms with Gasteiger partial charge >= 0.3 is 0 Å². The highest BCUT2D eigenvalue weighted by atomic mass is 16.5. The molecule has 0 aromatic heterocycles. The fraction of sp³-hybridized carbons (Fsp3) is 0.476. The van der Waals surface area contributed by atoms with Crippen molar-refractivity contribution in [3.05, 3.63) is 42.0 Å². The molecule has 132 valence electrons. The van der Waals surface area contributed by atoms with Gasteiger partial charge in [-0.3, -0.25) is 4.79 Å². The predicted octanol–water partition coefficient (Wildman–Crippen LogP) is 3.68. The van der Waals surface area contributed by atoms with Crippen LogP contribution in [0.15, 0.2) is 36.4 Å². The van der Waals surface area contributed by atoms with Gasteiger partial charge in [-0.15, -0.1) is 0 Å². The maximum absolute atomic E-state index is 13.1. The van der Waals surface area contributed by atoms with E-state index in [1.165, 1.54) is 0 Å². The predicted molar refractivity (Wildman–Crippen MR) is 97.7 cm³/mol. The Morgan fingerprint density at radius 3 is 2.60 bits per heavy atom. The van der Waals surface area contributed by atoms with Crippen molar-refractivity contribution in [3.8, 4) is 5.75 Å². The van der Waals surface area contributed by atoms with Gasteiger partial charge in [0, 0.05) is 25.6 Å². The summed E-state index contributed by atoms with van der Waals surface area (Å²) in [7, 11) is 1.73. The number of aromatic hydroxyl groups is 1. The van der Waals surface area contributed by atoms with E-state index in [1.54, 1.807) is 19.2 Å². The van der Waals surface area contributed by atoms with Crippen LogP contribution in [-0.4, -0.2) is 42.7 Å². The third kappa shape index (κ3) is 2.43. The third-order valence-electron chi connectivity index (χ3n) is 6.21. The molecule has 1 aliphatic heterocycles. The Kier molecular flexibility index (Phi) is 3.58. The summed E-state index contributed by atoms with van der Waals surface area (Å²) in [5.41, 5.74) is 0.699. The van der Waals surface area contributed by atoms with Crippen LogP contribution in [0.25, 0.3) is 10.8 Å². The van der Waals surface area contributed by atoms with Crippen LogP contribution < -0.4 is 0 Å². The van der Waals surface area contributed by atoms with Gasteiger partial charge in [0.1, 0.15) is 5.75 Å². The molecule has 2 aliphatic rings. The lowest BCUT2D eigenvalue weighted by Gasteiger charge is -2.56. The Bertz CT molecular complexity index is 844. The number of hydrogen-bond acceptors (Lipinski definition) is 3. The molecule has 1 saturated carbocycles. The van der Waals surface area contributed by atoms with Gasteiger partial charge in [-0.25, -0.2) is 0 Å². The SMILES string of the molecule is COC[C@@]12CN(C(=O)c3cc4ccccc4cc3O)C[C@@H]1C(C)(C)C2. The average molecular weight is 339 g/mol. The van der Waals surface area contributed by atoms with E-state index >= 15 is 0 Å². The number of methoxy groups -OCH3 is 1. The molecule has 1 N–H and O–H groups in total. The second kappa shape index (κ2) is 5.46. The fourth-order valence-corrected chi connectivity index (χ4v) is 5.33. The molecule has 0 bridgehead atoms. The number of phenolic OH excluding ortho intramolecular Hbond substituents is 1. The molecule has 1 heterocycles. The lowest BCUT2D eigenvalue weighted by molar-refractivity contribution is -0.107. The molecule has 1 amide bonds. The van der Waals surface area contributed by atoms with E-state index in [9.17, 15) is 9.90 Å². The van der Waals surface area contributed by atoms with Gasteiger partial charge in [-0.05, 0) is 40.7 Å². The number of benzene rings is 2. The van der Waals surface area contributed by atoms with Crippen molar-refractivity contribution in [2.75, 3.05) is 26.8 Å². The van der Waals surface area contributed by atoms with Crippen LogP contribution in [0.2, 0.25) is 0 Å². The molecular weight excluding hydrogens is 314 g/mol. The summed E-state index contributed by atoms with van der Waals surface area (Å²) < 4.78 is 5.47. The number of ether oxygens (including phenoxy) is 1. The molecule has 4 rings (SSSR count). The van der Waals surface area contributed by atoms with Gasteiger partial charge in [0.2, 0.25) is 0 Å². The number of fused-ring (bicyclic) bond motifs is 2. The summed E-state index contributed by atoms with van der Waals surface area (Å²) in [4.78, 5) is 15.0. The van der Waals surface area contributed by atoms with Gasteiger partial charge < -0.3 is 14.7 Å². The average Bonchev–Trinajstić information content (AvgIpc) is 2.88. The van der Waals surface area contributed by atoms with Crippen molar-refractivity contribution < 1.29 is 14.6 Å². The largest absolute Gasteiger partial charge is 0.507 e. The van der Waals surface area contributed by atoms with E-state index in [2.05, 4.69) is 13.8 Å². The Labute approximate surface area is 148 Å². The topological polar surface area (TPSA) is 49.8 Å². The zero-order valence-corrected chi connectivity index (χ0v) is 15.1. The highest BCUT2D eigenvalue weighted by molar-refractivity contribution is 6.01. The van der Waals surface area contributed by atoms with Crippen molar-refractivity contribution in [1.29, 1.82) is 0 Å². The van der Waals surface area contributed by atoms with Crippen LogP contribution in [0.1, 0.15) is 30.6 Å². The molecule has 2 aromatic carbocycles. The van der Waals surface area contributed by atoms with Crippen molar-refractivity contribution in [2.45, 2.75) is 20.3 Å². The standard InChI is InChI=1S/C21H25NO3/c1-20(2)11-21(13-25-3)12-22(10-18(20)21)19(24)16-8-14-6-4-5-7-15(14)9-17(16)23/h4-9,18,23H,10-13H2,1-3H3/t18-,21-/m1/s1. The Hall–Kier alpha value is -2.07. The number of carbonyl (C=O) groups is 1. The lowest BCUT2D eigenvalue weighted by Crippen LogP contribution is -2.55. The summed E-state index contributed by atoms with van der Waals surface area (Å²) in [5, 5.41) is 12.3. The first-order valence-corrected chi connectivity index (χ1v) is 8.86. The summed E-state index contributed by atoms with van der Waals surface area (Å²) in [6.07, 6.45) is 1.08. The van der Waals surface area contributed by atoms with E-state index in [4.69, 9.17) is 4.74 Å². The molecule has 0 unspecified atom stereocenters. The molecule has 4 nitrogen and oxygen atoms in total. The number of rotatable bonds is 3. The molecule has 1 saturated heterocycles. The second-order valence-electron chi connectivity index (χ2n) is 8.42. The second-order valence-corrected chi connectivity index (χ2v) is 8.42. The van der Waals surface area contributed by atoms with Crippen molar-refractivity contribution in [2.24, 2.45) is 16.7 Å². The van der Waals surface area contributed by atoms with Gasteiger partial charge in [-0.1, -0.05) is 38.1 Å². The van der Waals surface area contributed by atoms with Crippen LogP contribution in [-0.2, 0) is 4.74 Å². The lowest BCUT2D eigenvalue weighted by atomic mass is 9.48. The normalized spacial score (nSPS) is 27.2. The van der Waals surface area contributed by atoms with Crippen LogP contribution in [0.4, 0.5) is 0 Å². The highest BCUT2D eigenvalue weighted by Gasteiger charge is 2.63. The van der Waals surface area contributed by atoms with Gasteiger partial charge in [0.25, 0.3) is 5.91 Å². The first-order chi connectivity index (χ1) is 11.9. The van der Waals surface area contributed by atoms with E-state index in [0.29, 0.717) is 24.6 Å². The summed E-state index contributed by atoms with van der Waals surface area (Å²) in [5.74, 6) is 0.429. The maximum Gasteiger partial charge on any atom is 0.257 e. The first kappa shape index (κ1) is 16.4. The van der Waals surface area contributed by atoms with E-state index in [1.807, 2.05) is 29.2 Å². The quantitative estimate of drug-likeness (QED) is 0.928. The molecule has 25 heavy (non-hydrogen) atoms. The molecule has 2 fully saturated rings. The third-order valence-corrected chi connectivity index (χ3v) is 6.21. The van der Waals surface area contributed by atoms with Crippen LogP contribution >= 0.6 is 0 Å². The minimum Gasteiger partial charge on any atom is -0.507 e. The Morgan fingerprint density at radius 1 is 1.28 bits per heavy atom. The Balaban J connectivity index is 1.65. The smallest absolute Gasteiger partial charge is 0.257 e. The summed E-state index contributed by atoms with van der Waals surface area (Å²) in [6.45, 7) is 6.68. The van der Waals surface area contributed by atoms with Crippen molar-refractivity contribution in [1.82, 2.24) is 4.90 Å². The van der Waals surface area contributed by atoms with Crippen molar-refractivity contribution in [3.63, 3.8) is 0 Å². The van der Waals surface area contributed by atoms with E-state index < -0.39 is 0 Å². The number of carbonyl (C=O) groups excluding carboxylic acids is 1. The molecule has 0 spiro atoms. The van der Waals surface area contributed by atoms with Gasteiger partial charge in [-0.2, -0.15) is 0 Å². The Morgan fingerprint density at radius 2 is 1.96 bits per heavy atom. The maximum atomic E-state index is 13.1. The molecule has 4 heteroatoms. The van der Waals surface area contributed by atoms with E-state index in [0.717, 1.165) is 23.7 Å². The first-order valence-electron chi connectivity index (χ1n) is 8.86. The number of nitrogens with zero attached hydrogens (tertiary/aromatic N) is 1. The zero-order chi connectivity index (χ0) is 17.8. The van der Waals surface area contributed by atoms with E-state index in [-0.39, 0.29) is 22.5 Å². The van der Waals surface area contributed by atoms with Gasteiger partial charge in [0.15, 0.2) is 0 Å². The molecule has 1 aliphatic carbocycles. The molecular formula is C21H25NO3. The van der Waals surface area contributed by atoms with Crippen molar-refractivity contribution >= 4 is 16.7 Å². The molecule has 2 atom stereocenters. The number of phenols is 1. The monoisotopic (exact) mass is 339 g/mol. The number of amides is 1. The number of hydrogen-bond donors (Lipinski definition) is 1. The highest BCUT2D eigenvalue weighted by Crippen LogP contribution is 2.62. The van der Waals surface area contributed by atoms with Crippen LogP contribution in [0.3, 0.4) is 0 Å². The van der Waals surface area contributed by atoms with Gasteiger partial charge in [0.05, 0.1) is 12.2 Å². The molecule has 2 aromatic rings. The molecule has 0 radical (unpaired) electrons. The van der Waals surface area contributed by atoms with Crippen LogP contribution in [0.5, 0.6) is 5.75 Å². The minimum atomic E-state index is -0.0797. The number of likely N-dealkylation sites (tertiary alicyclic amines) is 1.